The Bertz CT molecular complexity index is 456. The summed E-state index contributed by atoms with van der Waals surface area (Å²) in [6.07, 6.45) is -0.793. The molecule has 18 heavy (non-hydrogen) atoms. The number of carboxylic acids is 1. The molecule has 1 aromatic rings. The number of hydrogen-bond donors (Lipinski definition) is 2. The van der Waals surface area contributed by atoms with Crippen LogP contribution in [0.4, 0.5) is 5.00 Å². The van der Waals surface area contributed by atoms with Crippen molar-refractivity contribution >= 4 is 28.4 Å². The molecule has 0 aliphatic carbocycles. The van der Waals surface area contributed by atoms with Gasteiger partial charge in [-0.15, -0.1) is 0 Å². The highest BCUT2D eigenvalue weighted by Crippen LogP contribution is 2.28. The van der Waals surface area contributed by atoms with Crippen LogP contribution in [0, 0.1) is 6.92 Å². The molecule has 0 spiro atoms. The van der Waals surface area contributed by atoms with Crippen LogP contribution < -0.4 is 10.6 Å². The van der Waals surface area contributed by atoms with Gasteiger partial charge in [-0.2, -0.15) is 4.37 Å². The van der Waals surface area contributed by atoms with Crippen molar-refractivity contribution in [1.29, 1.82) is 0 Å². The number of aromatic nitrogens is 1. The molecule has 8 heteroatoms. The van der Waals surface area contributed by atoms with E-state index in [0.717, 1.165) is 11.5 Å². The lowest BCUT2D eigenvalue weighted by molar-refractivity contribution is -0.127. The zero-order valence-corrected chi connectivity index (χ0v) is 11.2. The number of hydrogen-bond acceptors (Lipinski definition) is 6. The molecule has 1 aromatic heterocycles. The Morgan fingerprint density at radius 1 is 1.61 bits per heavy atom. The summed E-state index contributed by atoms with van der Waals surface area (Å²) in [5.41, 5.74) is 5.81. The van der Waals surface area contributed by atoms with Gasteiger partial charge in [0.25, 0.3) is 5.91 Å². The summed E-state index contributed by atoms with van der Waals surface area (Å²) < 4.78 is 8.88. The van der Waals surface area contributed by atoms with Crippen molar-refractivity contribution in [3.63, 3.8) is 0 Å². The van der Waals surface area contributed by atoms with Crippen molar-refractivity contribution in [2.45, 2.75) is 13.0 Å². The minimum absolute atomic E-state index is 0.0276. The average molecular weight is 273 g/mol. The van der Waals surface area contributed by atoms with Crippen LogP contribution in [0.2, 0.25) is 0 Å². The topological polar surface area (TPSA) is 106 Å². The van der Waals surface area contributed by atoms with E-state index in [2.05, 4.69) is 4.37 Å². The molecular formula is C10H15N3O4S. The highest BCUT2D eigenvalue weighted by molar-refractivity contribution is 7.11. The number of ether oxygens (including phenoxy) is 1. The predicted octanol–water partition coefficient (Wildman–Crippen LogP) is 0.0862. The van der Waals surface area contributed by atoms with Gasteiger partial charge in [0.2, 0.25) is 0 Å². The Morgan fingerprint density at radius 3 is 2.67 bits per heavy atom. The normalized spacial score (nSPS) is 12.2. The van der Waals surface area contributed by atoms with Crippen LogP contribution in [-0.2, 0) is 9.53 Å². The molecule has 0 saturated carbocycles. The van der Waals surface area contributed by atoms with Gasteiger partial charge in [-0.05, 0) is 18.5 Å². The summed E-state index contributed by atoms with van der Waals surface area (Å²) in [4.78, 5) is 24.3. The maximum Gasteiger partial charge on any atom is 0.340 e. The molecule has 0 radical (unpaired) electrons. The second-order valence-electron chi connectivity index (χ2n) is 3.61. The fourth-order valence-electron chi connectivity index (χ4n) is 1.45. The summed E-state index contributed by atoms with van der Waals surface area (Å²) in [5, 5.41) is 9.37. The molecular weight excluding hydrogens is 258 g/mol. The van der Waals surface area contributed by atoms with Crippen molar-refractivity contribution in [3.8, 4) is 0 Å². The van der Waals surface area contributed by atoms with Crippen molar-refractivity contribution in [1.82, 2.24) is 4.37 Å². The molecule has 1 rings (SSSR count). The number of anilines is 1. The first-order chi connectivity index (χ1) is 8.43. The molecule has 0 fully saturated rings. The van der Waals surface area contributed by atoms with E-state index < -0.39 is 18.0 Å². The quantitative estimate of drug-likeness (QED) is 0.787. The number of rotatable bonds is 5. The number of nitrogens with zero attached hydrogens (tertiary/aromatic N) is 2. The van der Waals surface area contributed by atoms with Gasteiger partial charge in [0, 0.05) is 20.7 Å². The van der Waals surface area contributed by atoms with E-state index in [9.17, 15) is 9.59 Å². The zero-order chi connectivity index (χ0) is 13.9. The monoisotopic (exact) mass is 273 g/mol. The Hall–Kier alpha value is -1.51. The van der Waals surface area contributed by atoms with Crippen LogP contribution in [0.1, 0.15) is 16.1 Å². The molecule has 100 valence electrons. The van der Waals surface area contributed by atoms with Crippen LogP contribution >= 0.6 is 11.5 Å². The van der Waals surface area contributed by atoms with E-state index in [1.165, 1.54) is 19.1 Å². The second-order valence-corrected chi connectivity index (χ2v) is 4.36. The molecule has 7 nitrogen and oxygen atoms in total. The first kappa shape index (κ1) is 14.6. The van der Waals surface area contributed by atoms with Crippen LogP contribution in [0.15, 0.2) is 0 Å². The largest absolute Gasteiger partial charge is 0.478 e. The third-order valence-corrected chi connectivity index (χ3v) is 3.48. The van der Waals surface area contributed by atoms with Crippen LogP contribution in [-0.4, -0.2) is 48.2 Å². The second kappa shape index (κ2) is 5.89. The number of carbonyl (C=O) groups is 2. The molecule has 3 N–H and O–H groups in total. The van der Waals surface area contributed by atoms with E-state index in [1.807, 2.05) is 0 Å². The van der Waals surface area contributed by atoms with Crippen molar-refractivity contribution < 1.29 is 19.4 Å². The maximum absolute atomic E-state index is 12.0. The number of likely N-dealkylation sites (N-methyl/N-ethyl adjacent to an activating group) is 1. The summed E-state index contributed by atoms with van der Waals surface area (Å²) in [5.74, 6) is -1.51. The van der Waals surface area contributed by atoms with E-state index in [1.54, 1.807) is 6.92 Å². The van der Waals surface area contributed by atoms with Gasteiger partial charge in [-0.25, -0.2) is 4.79 Å². The highest BCUT2D eigenvalue weighted by Gasteiger charge is 2.27. The number of aryl methyl sites for hydroxylation is 1. The third-order valence-electron chi connectivity index (χ3n) is 2.47. The van der Waals surface area contributed by atoms with Crippen LogP contribution in [0.3, 0.4) is 0 Å². The first-order valence-corrected chi connectivity index (χ1v) is 5.91. The van der Waals surface area contributed by atoms with Gasteiger partial charge in [-0.3, -0.25) is 4.79 Å². The van der Waals surface area contributed by atoms with E-state index >= 15 is 0 Å². The standard InChI is InChI=1S/C10H15N3O4S/c1-5-7(10(15)16)9(18-12-5)13(2)8(14)6(4-11)17-3/h6H,4,11H2,1-3H3,(H,15,16). The molecule has 1 amide bonds. The summed E-state index contributed by atoms with van der Waals surface area (Å²) in [7, 11) is 2.85. The lowest BCUT2D eigenvalue weighted by atomic mass is 10.2. The SMILES string of the molecule is COC(CN)C(=O)N(C)c1snc(C)c1C(=O)O. The molecule has 0 aromatic carbocycles. The lowest BCUT2D eigenvalue weighted by Gasteiger charge is -2.20. The van der Waals surface area contributed by atoms with E-state index in [-0.39, 0.29) is 17.1 Å². The summed E-state index contributed by atoms with van der Waals surface area (Å²) in [6.45, 7) is 1.61. The average Bonchev–Trinajstić information content (AvgIpc) is 2.71. The smallest absolute Gasteiger partial charge is 0.340 e. The third kappa shape index (κ3) is 2.66. The minimum atomic E-state index is -1.11. The molecule has 1 heterocycles. The predicted molar refractivity (Wildman–Crippen MR) is 67.1 cm³/mol. The van der Waals surface area contributed by atoms with Crippen LogP contribution in [0.25, 0.3) is 0 Å². The molecule has 0 aliphatic rings. The van der Waals surface area contributed by atoms with Gasteiger partial charge in [0.05, 0.1) is 5.69 Å². The number of carboxylic acid groups (broad SMARTS) is 1. The lowest BCUT2D eigenvalue weighted by Crippen LogP contribution is -2.42. The van der Waals surface area contributed by atoms with Gasteiger partial charge in [-0.1, -0.05) is 0 Å². The van der Waals surface area contributed by atoms with Crippen molar-refractivity contribution in [3.05, 3.63) is 11.3 Å². The van der Waals surface area contributed by atoms with Crippen molar-refractivity contribution in [2.24, 2.45) is 5.73 Å². The molecule has 1 unspecified atom stereocenters. The van der Waals surface area contributed by atoms with Gasteiger partial charge < -0.3 is 20.5 Å². The molecule has 0 aliphatic heterocycles. The number of nitrogens with two attached hydrogens (primary N) is 1. The fraction of sp³-hybridized carbons (Fsp3) is 0.500. The van der Waals surface area contributed by atoms with Gasteiger partial charge >= 0.3 is 5.97 Å². The van der Waals surface area contributed by atoms with E-state index in [0.29, 0.717) is 5.69 Å². The molecule has 0 bridgehead atoms. The van der Waals surface area contributed by atoms with Crippen LogP contribution in [0.5, 0.6) is 0 Å². The Balaban J connectivity index is 3.07. The Labute approximate surface area is 108 Å². The number of carbonyl (C=O) groups excluding carboxylic acids is 1. The Kier molecular flexibility index (Phi) is 4.76. The number of aromatic carboxylic acids is 1. The minimum Gasteiger partial charge on any atom is -0.478 e. The van der Waals surface area contributed by atoms with Crippen molar-refractivity contribution in [2.75, 3.05) is 25.6 Å². The molecule has 1 atom stereocenters. The zero-order valence-electron chi connectivity index (χ0n) is 10.3. The molecule has 0 saturated heterocycles. The van der Waals surface area contributed by atoms with E-state index in [4.69, 9.17) is 15.6 Å². The Morgan fingerprint density at radius 2 is 2.22 bits per heavy atom. The summed E-state index contributed by atoms with van der Waals surface area (Å²) in [6, 6.07) is 0. The maximum atomic E-state index is 12.0. The van der Waals surface area contributed by atoms with Gasteiger partial charge in [0.1, 0.15) is 16.7 Å². The van der Waals surface area contributed by atoms with Gasteiger partial charge in [0.15, 0.2) is 0 Å². The fourth-order valence-corrected chi connectivity index (χ4v) is 2.30. The number of amides is 1. The highest BCUT2D eigenvalue weighted by atomic mass is 32.1. The first-order valence-electron chi connectivity index (χ1n) is 5.14. The summed E-state index contributed by atoms with van der Waals surface area (Å²) >= 11 is 0.957. The number of methoxy groups -OCH3 is 1.